The Hall–Kier alpha value is -3.03. The van der Waals surface area contributed by atoms with Gasteiger partial charge in [0.1, 0.15) is 5.75 Å². The first-order valence-electron chi connectivity index (χ1n) is 9.08. The summed E-state index contributed by atoms with van der Waals surface area (Å²) >= 11 is 5.84. The number of amides is 1. The molecule has 0 radical (unpaired) electrons. The van der Waals surface area contributed by atoms with Crippen molar-refractivity contribution in [3.63, 3.8) is 0 Å². The van der Waals surface area contributed by atoms with Gasteiger partial charge in [0.15, 0.2) is 0 Å². The Morgan fingerprint density at radius 2 is 1.67 bits per heavy atom. The molecule has 0 atom stereocenters. The summed E-state index contributed by atoms with van der Waals surface area (Å²) in [6.07, 6.45) is 0.186. The molecule has 0 unspecified atom stereocenters. The zero-order valence-corrected chi connectivity index (χ0v) is 18.0. The molecule has 0 heterocycles. The Kier molecular flexibility index (Phi) is 6.64. The Balaban J connectivity index is 1.69. The molecule has 0 saturated heterocycles. The van der Waals surface area contributed by atoms with Gasteiger partial charge in [-0.2, -0.15) is 0 Å². The fraction of sp³-hybridized carbons (Fsp3) is 0.136. The molecule has 0 aliphatic rings. The lowest BCUT2D eigenvalue weighted by Gasteiger charge is -2.13. The molecule has 0 fully saturated rings. The lowest BCUT2D eigenvalue weighted by molar-refractivity contribution is -0.115. The van der Waals surface area contributed by atoms with Gasteiger partial charge in [-0.05, 0) is 66.6 Å². The molecule has 2 N–H and O–H groups in total. The maximum absolute atomic E-state index is 12.7. The molecular weight excluding hydrogens is 424 g/mol. The van der Waals surface area contributed by atoms with Crippen molar-refractivity contribution in [2.75, 3.05) is 17.1 Å². The number of methoxy groups -OCH3 is 1. The number of carbonyl (C=O) groups excluding carboxylic acids is 1. The van der Waals surface area contributed by atoms with Crippen molar-refractivity contribution in [3.8, 4) is 5.75 Å². The summed E-state index contributed by atoms with van der Waals surface area (Å²) in [4.78, 5) is 12.3. The van der Waals surface area contributed by atoms with E-state index < -0.39 is 10.0 Å². The van der Waals surface area contributed by atoms with Crippen LogP contribution >= 0.6 is 11.6 Å². The number of hydrogen-bond acceptors (Lipinski definition) is 4. The molecule has 0 spiro atoms. The van der Waals surface area contributed by atoms with Gasteiger partial charge in [-0.1, -0.05) is 29.8 Å². The number of hydrogen-bond donors (Lipinski definition) is 2. The van der Waals surface area contributed by atoms with E-state index in [9.17, 15) is 13.2 Å². The number of rotatable bonds is 7. The first-order chi connectivity index (χ1) is 14.3. The van der Waals surface area contributed by atoms with Crippen LogP contribution in [-0.4, -0.2) is 21.4 Å². The number of anilines is 2. The van der Waals surface area contributed by atoms with E-state index in [1.54, 1.807) is 48.5 Å². The van der Waals surface area contributed by atoms with E-state index in [1.807, 2.05) is 13.0 Å². The molecule has 3 rings (SSSR count). The third kappa shape index (κ3) is 5.52. The average molecular weight is 445 g/mol. The fourth-order valence-corrected chi connectivity index (χ4v) is 4.00. The summed E-state index contributed by atoms with van der Waals surface area (Å²) < 4.78 is 33.2. The predicted molar refractivity (Wildman–Crippen MR) is 119 cm³/mol. The van der Waals surface area contributed by atoms with Crippen molar-refractivity contribution in [1.29, 1.82) is 0 Å². The topological polar surface area (TPSA) is 84.5 Å². The number of benzene rings is 3. The molecule has 0 aliphatic heterocycles. The number of ether oxygens (including phenoxy) is 1. The van der Waals surface area contributed by atoms with Gasteiger partial charge in [-0.25, -0.2) is 8.42 Å². The van der Waals surface area contributed by atoms with Crippen LogP contribution in [0.25, 0.3) is 0 Å². The zero-order valence-electron chi connectivity index (χ0n) is 16.5. The highest BCUT2D eigenvalue weighted by Crippen LogP contribution is 2.28. The molecule has 6 nitrogen and oxygen atoms in total. The van der Waals surface area contributed by atoms with Crippen molar-refractivity contribution < 1.29 is 17.9 Å². The number of carbonyl (C=O) groups is 1. The Morgan fingerprint density at radius 3 is 2.30 bits per heavy atom. The number of halogens is 1. The predicted octanol–water partition coefficient (Wildman–Crippen LogP) is 4.64. The van der Waals surface area contributed by atoms with Gasteiger partial charge in [0, 0.05) is 10.7 Å². The maximum Gasteiger partial charge on any atom is 0.262 e. The van der Waals surface area contributed by atoms with Crippen molar-refractivity contribution in [2.45, 2.75) is 18.2 Å². The largest absolute Gasteiger partial charge is 0.495 e. The molecule has 3 aromatic rings. The fourth-order valence-electron chi connectivity index (χ4n) is 2.82. The standard InChI is InChI=1S/C22H21ClN2O4S/c1-15-3-12-21(29-2)20(13-15)25-30(27,28)19-10-8-18(9-11-19)24-22(26)14-16-4-6-17(23)7-5-16/h3-13,25H,14H2,1-2H3,(H,24,26). The number of sulfonamides is 1. The first kappa shape index (κ1) is 21.7. The minimum atomic E-state index is -3.82. The van der Waals surface area contributed by atoms with E-state index in [-0.39, 0.29) is 17.2 Å². The molecule has 0 aliphatic carbocycles. The maximum atomic E-state index is 12.7. The van der Waals surface area contributed by atoms with Crippen LogP contribution in [0.2, 0.25) is 5.02 Å². The van der Waals surface area contributed by atoms with Gasteiger partial charge in [0.2, 0.25) is 5.91 Å². The molecule has 1 amide bonds. The van der Waals surface area contributed by atoms with Gasteiger partial charge in [-0.15, -0.1) is 0 Å². The molecule has 0 bridgehead atoms. The van der Waals surface area contributed by atoms with E-state index in [2.05, 4.69) is 10.0 Å². The molecule has 30 heavy (non-hydrogen) atoms. The third-order valence-corrected chi connectivity index (χ3v) is 5.96. The molecule has 3 aromatic carbocycles. The normalized spacial score (nSPS) is 11.0. The third-order valence-electron chi connectivity index (χ3n) is 4.33. The van der Waals surface area contributed by atoms with E-state index in [4.69, 9.17) is 16.3 Å². The highest BCUT2D eigenvalue weighted by atomic mass is 35.5. The van der Waals surface area contributed by atoms with Crippen molar-refractivity contribution in [1.82, 2.24) is 0 Å². The van der Waals surface area contributed by atoms with Crippen molar-refractivity contribution in [2.24, 2.45) is 0 Å². The molecular formula is C22H21ClN2O4S. The van der Waals surface area contributed by atoms with Crippen molar-refractivity contribution in [3.05, 3.63) is 82.9 Å². The number of aryl methyl sites for hydroxylation is 1. The van der Waals surface area contributed by atoms with Crippen LogP contribution in [0.1, 0.15) is 11.1 Å². The Morgan fingerprint density at radius 1 is 1.00 bits per heavy atom. The SMILES string of the molecule is COc1ccc(C)cc1NS(=O)(=O)c1ccc(NC(=O)Cc2ccc(Cl)cc2)cc1. The highest BCUT2D eigenvalue weighted by Gasteiger charge is 2.17. The summed E-state index contributed by atoms with van der Waals surface area (Å²) in [6, 6.07) is 18.2. The summed E-state index contributed by atoms with van der Waals surface area (Å²) in [7, 11) is -2.34. The lowest BCUT2D eigenvalue weighted by Crippen LogP contribution is -2.15. The van der Waals surface area contributed by atoms with Gasteiger partial charge in [0.05, 0.1) is 24.1 Å². The first-order valence-corrected chi connectivity index (χ1v) is 10.9. The minimum Gasteiger partial charge on any atom is -0.495 e. The van der Waals surface area contributed by atoms with E-state index >= 15 is 0 Å². The van der Waals surface area contributed by atoms with Crippen LogP contribution in [0.15, 0.2) is 71.6 Å². The van der Waals surface area contributed by atoms with Crippen molar-refractivity contribution >= 4 is 38.9 Å². The zero-order chi connectivity index (χ0) is 21.7. The van der Waals surface area contributed by atoms with Crippen LogP contribution < -0.4 is 14.8 Å². The molecule has 8 heteroatoms. The second-order valence-electron chi connectivity index (χ2n) is 6.69. The van der Waals surface area contributed by atoms with Crippen LogP contribution in [0.4, 0.5) is 11.4 Å². The van der Waals surface area contributed by atoms with Crippen LogP contribution in [-0.2, 0) is 21.2 Å². The monoisotopic (exact) mass is 444 g/mol. The second kappa shape index (κ2) is 9.19. The number of nitrogens with one attached hydrogen (secondary N) is 2. The van der Waals surface area contributed by atoms with E-state index in [1.165, 1.54) is 19.2 Å². The van der Waals surface area contributed by atoms with Crippen LogP contribution in [0.3, 0.4) is 0 Å². The minimum absolute atomic E-state index is 0.0711. The molecule has 0 aromatic heterocycles. The van der Waals surface area contributed by atoms with Crippen LogP contribution in [0, 0.1) is 6.92 Å². The summed E-state index contributed by atoms with van der Waals surface area (Å²) in [5.41, 5.74) is 2.58. The average Bonchev–Trinajstić information content (AvgIpc) is 2.70. The van der Waals surface area contributed by atoms with Crippen LogP contribution in [0.5, 0.6) is 5.75 Å². The smallest absolute Gasteiger partial charge is 0.262 e. The van der Waals surface area contributed by atoms with Gasteiger partial charge < -0.3 is 10.1 Å². The highest BCUT2D eigenvalue weighted by molar-refractivity contribution is 7.92. The summed E-state index contributed by atoms with van der Waals surface area (Å²) in [6.45, 7) is 1.86. The molecule has 0 saturated carbocycles. The van der Waals surface area contributed by atoms with E-state index in [0.29, 0.717) is 22.1 Å². The second-order valence-corrected chi connectivity index (χ2v) is 8.80. The van der Waals surface area contributed by atoms with E-state index in [0.717, 1.165) is 11.1 Å². The Labute approximate surface area is 180 Å². The van der Waals surface area contributed by atoms with Gasteiger partial charge in [0.25, 0.3) is 10.0 Å². The Bertz CT molecular complexity index is 1140. The van der Waals surface area contributed by atoms with Gasteiger partial charge >= 0.3 is 0 Å². The summed E-state index contributed by atoms with van der Waals surface area (Å²) in [5.74, 6) is 0.214. The van der Waals surface area contributed by atoms with Gasteiger partial charge in [-0.3, -0.25) is 9.52 Å². The molecule has 156 valence electrons. The lowest BCUT2D eigenvalue weighted by atomic mass is 10.1. The summed E-state index contributed by atoms with van der Waals surface area (Å²) in [5, 5.41) is 3.36. The quantitative estimate of drug-likeness (QED) is 0.556.